The Kier molecular flexibility index (Phi) is 0.975. The van der Waals surface area contributed by atoms with Crippen molar-refractivity contribution in [3.8, 4) is 0 Å². The molecule has 4 heteroatoms. The third kappa shape index (κ3) is 0.473. The van der Waals surface area contributed by atoms with E-state index in [1.807, 2.05) is 0 Å². The minimum atomic E-state index is -0.560. The van der Waals surface area contributed by atoms with Crippen LogP contribution in [0.1, 0.15) is 6.42 Å². The Morgan fingerprint density at radius 3 is 2.65 bits per heavy atom. The number of carbonyl (C=O) groups is 1. The third-order valence-corrected chi connectivity index (χ3v) is 7.26. The van der Waals surface area contributed by atoms with Crippen molar-refractivity contribution in [2.24, 2.45) is 46.8 Å². The molecule has 0 amide bonds. The summed E-state index contributed by atoms with van der Waals surface area (Å²) in [5.74, 6) is 2.44. The van der Waals surface area contributed by atoms with Crippen molar-refractivity contribution < 1.29 is 19.4 Å². The standard InChI is InChI=1S/C13H14O4/c14-11(15)12-5-3-4-6-7(5)8(12)9(6)13(10(4)12)16-1-2-17-13/h4-10H,1-3H2,(H,14,15)/t4-,5+,6-,7-,8-,9+,10-,12-/m1/s1. The summed E-state index contributed by atoms with van der Waals surface area (Å²) in [7, 11) is 0. The zero-order valence-corrected chi connectivity index (χ0v) is 9.33. The Morgan fingerprint density at radius 2 is 1.94 bits per heavy atom. The Hall–Kier alpha value is -0.610. The minimum Gasteiger partial charge on any atom is -0.481 e. The number of hydrogen-bond donors (Lipinski definition) is 1. The molecule has 6 saturated carbocycles. The maximum atomic E-state index is 11.9. The van der Waals surface area contributed by atoms with Gasteiger partial charge in [0.05, 0.1) is 18.6 Å². The Labute approximate surface area is 98.3 Å². The van der Waals surface area contributed by atoms with Crippen LogP contribution in [0.3, 0.4) is 0 Å². The fraction of sp³-hybridized carbons (Fsp3) is 0.923. The molecule has 0 radical (unpaired) electrons. The second-order valence-electron chi connectivity index (χ2n) is 6.85. The van der Waals surface area contributed by atoms with Gasteiger partial charge in [0.1, 0.15) is 0 Å². The summed E-state index contributed by atoms with van der Waals surface area (Å²) in [5.41, 5.74) is -0.445. The number of carboxylic acids is 1. The van der Waals surface area contributed by atoms with E-state index in [0.717, 1.165) is 12.3 Å². The van der Waals surface area contributed by atoms with Crippen LogP contribution in [0, 0.1) is 46.8 Å². The van der Waals surface area contributed by atoms with Gasteiger partial charge in [0.15, 0.2) is 5.79 Å². The zero-order chi connectivity index (χ0) is 11.2. The molecule has 7 fully saturated rings. The number of carboxylic acid groups (broad SMARTS) is 1. The second kappa shape index (κ2) is 1.95. The zero-order valence-electron chi connectivity index (χ0n) is 9.33. The van der Waals surface area contributed by atoms with Crippen molar-refractivity contribution in [2.45, 2.75) is 12.2 Å². The molecule has 8 atom stereocenters. The van der Waals surface area contributed by atoms with Crippen molar-refractivity contribution in [3.63, 3.8) is 0 Å². The molecule has 1 aliphatic heterocycles. The van der Waals surface area contributed by atoms with Crippen LogP contribution in [0.4, 0.5) is 0 Å². The van der Waals surface area contributed by atoms with E-state index in [1.165, 1.54) is 0 Å². The molecule has 0 aromatic heterocycles. The fourth-order valence-corrected chi connectivity index (χ4v) is 7.51. The average Bonchev–Trinajstić information content (AvgIpc) is 2.92. The summed E-state index contributed by atoms with van der Waals surface area (Å²) in [5, 5.41) is 9.76. The van der Waals surface area contributed by atoms with Crippen molar-refractivity contribution >= 4 is 5.97 Å². The summed E-state index contributed by atoms with van der Waals surface area (Å²) in [6.07, 6.45) is 1.13. The first kappa shape index (κ1) is 8.48. The van der Waals surface area contributed by atoms with Gasteiger partial charge in [-0.05, 0) is 36.0 Å². The van der Waals surface area contributed by atoms with Gasteiger partial charge in [0.2, 0.25) is 0 Å². The smallest absolute Gasteiger partial charge is 0.310 e. The highest BCUT2D eigenvalue weighted by Gasteiger charge is 3.00. The van der Waals surface area contributed by atoms with Crippen LogP contribution in [0.15, 0.2) is 0 Å². The van der Waals surface area contributed by atoms with E-state index >= 15 is 0 Å². The number of ether oxygens (including phenoxy) is 2. The molecule has 0 aromatic rings. The highest BCUT2D eigenvalue weighted by molar-refractivity contribution is 5.82. The Morgan fingerprint density at radius 1 is 1.18 bits per heavy atom. The molecule has 7 rings (SSSR count). The molecule has 6 aliphatic carbocycles. The molecular weight excluding hydrogens is 220 g/mol. The first-order chi connectivity index (χ1) is 8.24. The normalized spacial score (nSPS) is 69.8. The van der Waals surface area contributed by atoms with Gasteiger partial charge < -0.3 is 14.6 Å². The maximum Gasteiger partial charge on any atom is 0.310 e. The predicted molar refractivity (Wildman–Crippen MR) is 53.8 cm³/mol. The molecule has 7 aliphatic rings. The lowest BCUT2D eigenvalue weighted by Crippen LogP contribution is -2.70. The second-order valence-corrected chi connectivity index (χ2v) is 6.85. The Bertz CT molecular complexity index is 482. The summed E-state index contributed by atoms with van der Waals surface area (Å²) < 4.78 is 11.9. The topological polar surface area (TPSA) is 55.8 Å². The summed E-state index contributed by atoms with van der Waals surface area (Å²) in [6, 6.07) is 0. The van der Waals surface area contributed by atoms with E-state index < -0.39 is 17.2 Å². The van der Waals surface area contributed by atoms with Gasteiger partial charge >= 0.3 is 5.97 Å². The highest BCUT2D eigenvalue weighted by atomic mass is 16.7. The van der Waals surface area contributed by atoms with Crippen LogP contribution >= 0.6 is 0 Å². The van der Waals surface area contributed by atoms with E-state index in [0.29, 0.717) is 42.8 Å². The lowest BCUT2D eigenvalue weighted by molar-refractivity contribution is -0.252. The van der Waals surface area contributed by atoms with Crippen molar-refractivity contribution in [3.05, 3.63) is 0 Å². The summed E-state index contributed by atoms with van der Waals surface area (Å²) in [4.78, 5) is 11.9. The van der Waals surface area contributed by atoms with Crippen molar-refractivity contribution in [2.75, 3.05) is 13.2 Å². The van der Waals surface area contributed by atoms with Gasteiger partial charge in [-0.3, -0.25) is 4.79 Å². The molecule has 1 N–H and O–H groups in total. The third-order valence-electron chi connectivity index (χ3n) is 7.26. The lowest BCUT2D eigenvalue weighted by atomic mass is 9.34. The van der Waals surface area contributed by atoms with Gasteiger partial charge in [0.25, 0.3) is 0 Å². The van der Waals surface area contributed by atoms with Crippen molar-refractivity contribution in [1.29, 1.82) is 0 Å². The van der Waals surface area contributed by atoms with Gasteiger partial charge in [-0.15, -0.1) is 0 Å². The van der Waals surface area contributed by atoms with Crippen LogP contribution in [0.5, 0.6) is 0 Å². The molecule has 1 spiro atoms. The van der Waals surface area contributed by atoms with E-state index in [9.17, 15) is 9.90 Å². The lowest BCUT2D eigenvalue weighted by Gasteiger charge is -2.67. The van der Waals surface area contributed by atoms with Gasteiger partial charge in [-0.1, -0.05) is 0 Å². The first-order valence-electron chi connectivity index (χ1n) is 6.76. The average molecular weight is 234 g/mol. The molecule has 1 saturated heterocycles. The first-order valence-corrected chi connectivity index (χ1v) is 6.76. The molecule has 1 heterocycles. The highest BCUT2D eigenvalue weighted by Crippen LogP contribution is 2.96. The van der Waals surface area contributed by atoms with E-state index in [2.05, 4.69) is 0 Å². The van der Waals surface area contributed by atoms with Crippen LogP contribution < -0.4 is 0 Å². The molecule has 4 nitrogen and oxygen atoms in total. The SMILES string of the molecule is O=C(O)[C@@]12[C@@H]3[C@H]4[C@H]5[C@@H](C[C@@H]41)[C@H]2C1(OCCO1)[C@@H]53. The van der Waals surface area contributed by atoms with E-state index in [4.69, 9.17) is 9.47 Å². The largest absolute Gasteiger partial charge is 0.481 e. The van der Waals surface area contributed by atoms with Gasteiger partial charge in [0, 0.05) is 11.8 Å². The van der Waals surface area contributed by atoms with Crippen LogP contribution in [0.2, 0.25) is 0 Å². The number of aliphatic carboxylic acids is 1. The van der Waals surface area contributed by atoms with Crippen LogP contribution in [0.25, 0.3) is 0 Å². The van der Waals surface area contributed by atoms with Crippen molar-refractivity contribution in [1.82, 2.24) is 0 Å². The predicted octanol–water partition coefficient (Wildman–Crippen LogP) is 0.572. The van der Waals surface area contributed by atoms with E-state index in [-0.39, 0.29) is 5.92 Å². The summed E-state index contributed by atoms with van der Waals surface area (Å²) >= 11 is 0. The van der Waals surface area contributed by atoms with Crippen LogP contribution in [-0.4, -0.2) is 30.1 Å². The number of rotatable bonds is 1. The molecule has 0 aromatic carbocycles. The Balaban J connectivity index is 1.64. The monoisotopic (exact) mass is 234 g/mol. The fourth-order valence-electron chi connectivity index (χ4n) is 7.51. The molecule has 90 valence electrons. The van der Waals surface area contributed by atoms with Crippen LogP contribution in [-0.2, 0) is 14.3 Å². The summed E-state index contributed by atoms with van der Waals surface area (Å²) in [6.45, 7) is 1.31. The maximum absolute atomic E-state index is 11.9. The minimum absolute atomic E-state index is 0.171. The molecular formula is C13H14O4. The molecule has 17 heavy (non-hydrogen) atoms. The quantitative estimate of drug-likeness (QED) is 0.720. The van der Waals surface area contributed by atoms with E-state index in [1.54, 1.807) is 0 Å². The molecule has 0 unspecified atom stereocenters. The molecule has 4 bridgehead atoms. The van der Waals surface area contributed by atoms with Gasteiger partial charge in [-0.2, -0.15) is 0 Å². The van der Waals surface area contributed by atoms with Gasteiger partial charge in [-0.25, -0.2) is 0 Å². The number of hydrogen-bond acceptors (Lipinski definition) is 3.